The summed E-state index contributed by atoms with van der Waals surface area (Å²) in [5.74, 6) is -0.974. The fourth-order valence-corrected chi connectivity index (χ4v) is 2.35. The lowest BCUT2D eigenvalue weighted by Crippen LogP contribution is -2.39. The van der Waals surface area contributed by atoms with Crippen LogP contribution in [0.1, 0.15) is 17.9 Å². The Kier molecular flexibility index (Phi) is 3.46. The van der Waals surface area contributed by atoms with Crippen LogP contribution in [0.5, 0.6) is 0 Å². The number of aliphatic carboxylic acids is 1. The van der Waals surface area contributed by atoms with Gasteiger partial charge in [0, 0.05) is 11.6 Å². The van der Waals surface area contributed by atoms with Gasteiger partial charge in [-0.2, -0.15) is 0 Å². The zero-order valence-corrected chi connectivity index (χ0v) is 9.57. The Morgan fingerprint density at radius 3 is 2.69 bits per heavy atom. The largest absolute Gasteiger partial charge is 0.481 e. The average molecular weight is 240 g/mol. The Morgan fingerprint density at radius 2 is 2.06 bits per heavy atom. The van der Waals surface area contributed by atoms with Gasteiger partial charge in [0.2, 0.25) is 0 Å². The van der Waals surface area contributed by atoms with E-state index in [-0.39, 0.29) is 11.8 Å². The highest BCUT2D eigenvalue weighted by atomic mass is 35.5. The molecular weight excluding hydrogens is 226 g/mol. The maximum absolute atomic E-state index is 11.1. The van der Waals surface area contributed by atoms with Crippen molar-refractivity contribution in [3.05, 3.63) is 34.9 Å². The summed E-state index contributed by atoms with van der Waals surface area (Å²) in [6.07, 6.45) is 0.860. The Bertz CT molecular complexity index is 377. The predicted molar refractivity (Wildman–Crippen MR) is 62.8 cm³/mol. The zero-order chi connectivity index (χ0) is 11.5. The van der Waals surface area contributed by atoms with Crippen LogP contribution >= 0.6 is 11.6 Å². The highest BCUT2D eigenvalue weighted by Gasteiger charge is 2.31. The lowest BCUT2D eigenvalue weighted by Gasteiger charge is -2.29. The van der Waals surface area contributed by atoms with Crippen molar-refractivity contribution in [1.82, 2.24) is 5.32 Å². The third-order valence-electron chi connectivity index (χ3n) is 3.10. The number of benzene rings is 1. The van der Waals surface area contributed by atoms with Crippen molar-refractivity contribution in [3.63, 3.8) is 0 Å². The summed E-state index contributed by atoms with van der Waals surface area (Å²) in [7, 11) is 0. The monoisotopic (exact) mass is 239 g/mol. The smallest absolute Gasteiger partial charge is 0.308 e. The number of nitrogens with one attached hydrogen (secondary N) is 1. The van der Waals surface area contributed by atoms with Crippen LogP contribution in [0.25, 0.3) is 0 Å². The van der Waals surface area contributed by atoms with Crippen molar-refractivity contribution in [2.75, 3.05) is 13.1 Å². The Morgan fingerprint density at radius 1 is 1.38 bits per heavy atom. The molecule has 0 spiro atoms. The van der Waals surface area contributed by atoms with Gasteiger partial charge < -0.3 is 10.4 Å². The molecule has 1 heterocycles. The minimum atomic E-state index is -0.729. The Labute approximate surface area is 99.4 Å². The first-order chi connectivity index (χ1) is 7.68. The number of carbonyl (C=O) groups is 1. The molecule has 0 radical (unpaired) electrons. The standard InChI is InChI=1S/C12H14ClNO2/c13-9-3-1-8(2-4-9)10-5-6-14-7-11(10)12(15)16/h1-4,10-11,14H,5-7H2,(H,15,16). The maximum Gasteiger partial charge on any atom is 0.308 e. The van der Waals surface area contributed by atoms with Gasteiger partial charge in [0.25, 0.3) is 0 Å². The van der Waals surface area contributed by atoms with E-state index in [1.54, 1.807) is 0 Å². The molecule has 1 saturated heterocycles. The van der Waals surface area contributed by atoms with Crippen LogP contribution in [-0.2, 0) is 4.79 Å². The van der Waals surface area contributed by atoms with E-state index in [4.69, 9.17) is 16.7 Å². The highest BCUT2D eigenvalue weighted by molar-refractivity contribution is 6.30. The summed E-state index contributed by atoms with van der Waals surface area (Å²) in [6.45, 7) is 1.42. The summed E-state index contributed by atoms with van der Waals surface area (Å²) in [6, 6.07) is 7.48. The second-order valence-electron chi connectivity index (χ2n) is 4.10. The minimum Gasteiger partial charge on any atom is -0.481 e. The summed E-state index contributed by atoms with van der Waals surface area (Å²) in [5.41, 5.74) is 1.07. The molecule has 2 unspecified atom stereocenters. The molecule has 2 atom stereocenters. The van der Waals surface area contributed by atoms with Gasteiger partial charge in [0.15, 0.2) is 0 Å². The second kappa shape index (κ2) is 4.85. The summed E-state index contributed by atoms with van der Waals surface area (Å²) < 4.78 is 0. The zero-order valence-electron chi connectivity index (χ0n) is 8.82. The SMILES string of the molecule is O=C(O)C1CNCCC1c1ccc(Cl)cc1. The molecule has 1 aliphatic rings. The lowest BCUT2D eigenvalue weighted by atomic mass is 9.81. The Balaban J connectivity index is 2.23. The molecule has 86 valence electrons. The molecular formula is C12H14ClNO2. The number of carboxylic acids is 1. The fourth-order valence-electron chi connectivity index (χ4n) is 2.23. The quantitative estimate of drug-likeness (QED) is 0.831. The van der Waals surface area contributed by atoms with Gasteiger partial charge in [-0.15, -0.1) is 0 Å². The third kappa shape index (κ3) is 2.36. The molecule has 2 N–H and O–H groups in total. The van der Waals surface area contributed by atoms with Gasteiger partial charge in [0.05, 0.1) is 5.92 Å². The number of carboxylic acid groups (broad SMARTS) is 1. The summed E-state index contributed by atoms with van der Waals surface area (Å²) in [4.78, 5) is 11.1. The number of piperidine rings is 1. The van der Waals surface area contributed by atoms with Crippen molar-refractivity contribution in [2.45, 2.75) is 12.3 Å². The van der Waals surface area contributed by atoms with Crippen molar-refractivity contribution < 1.29 is 9.90 Å². The van der Waals surface area contributed by atoms with Crippen LogP contribution in [0.15, 0.2) is 24.3 Å². The molecule has 0 saturated carbocycles. The molecule has 0 aliphatic carbocycles. The van der Waals surface area contributed by atoms with Gasteiger partial charge in [0.1, 0.15) is 0 Å². The first-order valence-electron chi connectivity index (χ1n) is 5.37. The van der Waals surface area contributed by atoms with Crippen LogP contribution in [0.3, 0.4) is 0 Å². The highest BCUT2D eigenvalue weighted by Crippen LogP contribution is 2.31. The van der Waals surface area contributed by atoms with Gasteiger partial charge >= 0.3 is 5.97 Å². The molecule has 0 amide bonds. The first kappa shape index (κ1) is 11.4. The molecule has 1 aromatic rings. The first-order valence-corrected chi connectivity index (χ1v) is 5.75. The van der Waals surface area contributed by atoms with E-state index in [2.05, 4.69) is 5.32 Å². The lowest BCUT2D eigenvalue weighted by molar-refractivity contribution is -0.142. The van der Waals surface area contributed by atoms with Gasteiger partial charge in [-0.05, 0) is 36.6 Å². The molecule has 2 rings (SSSR count). The minimum absolute atomic E-state index is 0.0935. The molecule has 3 nitrogen and oxygen atoms in total. The summed E-state index contributed by atoms with van der Waals surface area (Å²) in [5, 5.41) is 13.0. The van der Waals surface area contributed by atoms with E-state index in [1.165, 1.54) is 0 Å². The predicted octanol–water partition coefficient (Wildman–Crippen LogP) is 2.12. The van der Waals surface area contributed by atoms with Crippen molar-refractivity contribution in [1.29, 1.82) is 0 Å². The number of halogens is 1. The van der Waals surface area contributed by atoms with Crippen molar-refractivity contribution >= 4 is 17.6 Å². The van der Waals surface area contributed by atoms with Crippen LogP contribution in [0.2, 0.25) is 5.02 Å². The van der Waals surface area contributed by atoms with Crippen molar-refractivity contribution in [2.24, 2.45) is 5.92 Å². The van der Waals surface area contributed by atoms with E-state index < -0.39 is 5.97 Å². The normalized spacial score (nSPS) is 25.3. The maximum atomic E-state index is 11.1. The molecule has 0 aromatic heterocycles. The topological polar surface area (TPSA) is 49.3 Å². The van der Waals surface area contributed by atoms with Crippen LogP contribution in [-0.4, -0.2) is 24.2 Å². The molecule has 1 fully saturated rings. The van der Waals surface area contributed by atoms with E-state index in [0.29, 0.717) is 11.6 Å². The molecule has 0 bridgehead atoms. The van der Waals surface area contributed by atoms with Gasteiger partial charge in [-0.25, -0.2) is 0 Å². The molecule has 16 heavy (non-hydrogen) atoms. The van der Waals surface area contributed by atoms with Crippen LogP contribution < -0.4 is 5.32 Å². The van der Waals surface area contributed by atoms with Crippen molar-refractivity contribution in [3.8, 4) is 0 Å². The fraction of sp³-hybridized carbons (Fsp3) is 0.417. The number of hydrogen-bond acceptors (Lipinski definition) is 2. The number of hydrogen-bond donors (Lipinski definition) is 2. The molecule has 1 aliphatic heterocycles. The average Bonchev–Trinajstić information content (AvgIpc) is 2.30. The third-order valence-corrected chi connectivity index (χ3v) is 3.35. The van der Waals surface area contributed by atoms with E-state index >= 15 is 0 Å². The van der Waals surface area contributed by atoms with E-state index in [0.717, 1.165) is 18.5 Å². The van der Waals surface area contributed by atoms with Crippen LogP contribution in [0.4, 0.5) is 0 Å². The second-order valence-corrected chi connectivity index (χ2v) is 4.53. The Hall–Kier alpha value is -1.06. The van der Waals surface area contributed by atoms with Gasteiger partial charge in [-0.1, -0.05) is 23.7 Å². The van der Waals surface area contributed by atoms with Gasteiger partial charge in [-0.3, -0.25) is 4.79 Å². The summed E-state index contributed by atoms with van der Waals surface area (Å²) >= 11 is 5.82. The molecule has 1 aromatic carbocycles. The van der Waals surface area contributed by atoms with E-state index in [9.17, 15) is 4.79 Å². The van der Waals surface area contributed by atoms with Crippen LogP contribution in [0, 0.1) is 5.92 Å². The van der Waals surface area contributed by atoms with E-state index in [1.807, 2.05) is 24.3 Å². The molecule has 4 heteroatoms. The number of rotatable bonds is 2.